The highest BCUT2D eigenvalue weighted by atomic mass is 16.6. The minimum atomic E-state index is -0.379. The molecule has 0 bridgehead atoms. The Balaban J connectivity index is 1.48. The van der Waals surface area contributed by atoms with E-state index < -0.39 is 0 Å². The van der Waals surface area contributed by atoms with Crippen LogP contribution in [0.5, 0.6) is 0 Å². The summed E-state index contributed by atoms with van der Waals surface area (Å²) in [6, 6.07) is 18.7. The minimum Gasteiger partial charge on any atom is -0.467 e. The van der Waals surface area contributed by atoms with Crippen LogP contribution in [0.15, 0.2) is 89.9 Å². The number of hydrogen-bond acceptors (Lipinski definition) is 6. The zero-order chi connectivity index (χ0) is 21.8. The van der Waals surface area contributed by atoms with E-state index in [9.17, 15) is 4.79 Å². The summed E-state index contributed by atoms with van der Waals surface area (Å²) < 4.78 is 7.15. The van der Waals surface area contributed by atoms with Crippen molar-refractivity contribution in [3.63, 3.8) is 0 Å². The summed E-state index contributed by atoms with van der Waals surface area (Å²) in [5.41, 5.74) is 5.87. The van der Waals surface area contributed by atoms with Crippen LogP contribution in [0, 0.1) is 0 Å². The van der Waals surface area contributed by atoms with Crippen LogP contribution in [0.25, 0.3) is 22.3 Å². The van der Waals surface area contributed by atoms with Gasteiger partial charge in [-0.2, -0.15) is 5.10 Å². The van der Waals surface area contributed by atoms with E-state index in [4.69, 9.17) is 14.2 Å². The molecule has 8 heteroatoms. The lowest BCUT2D eigenvalue weighted by atomic mass is 10.1. The predicted octanol–water partition coefficient (Wildman–Crippen LogP) is 4.00. The zero-order valence-corrected chi connectivity index (χ0v) is 17.0. The standard InChI is InChI=1S/C24H19N5O3/c30-24(28-32-16-17-6-2-1-3-7-17)20-12-22(18-8-4-10-25-13-18)27-23-21(20)14-26-29(23)15-19-9-5-11-31-19/h1-14H,15-16H2,(H,28,30). The molecule has 0 aliphatic carbocycles. The maximum Gasteiger partial charge on any atom is 0.275 e. The summed E-state index contributed by atoms with van der Waals surface area (Å²) in [5.74, 6) is 0.358. The molecular formula is C24H19N5O3. The third-order valence-electron chi connectivity index (χ3n) is 4.94. The van der Waals surface area contributed by atoms with E-state index in [1.54, 1.807) is 35.6 Å². The van der Waals surface area contributed by atoms with Gasteiger partial charge < -0.3 is 4.42 Å². The van der Waals surface area contributed by atoms with Crippen LogP contribution < -0.4 is 5.48 Å². The lowest BCUT2D eigenvalue weighted by Crippen LogP contribution is -2.24. The number of nitrogens with one attached hydrogen (secondary N) is 1. The van der Waals surface area contributed by atoms with Gasteiger partial charge in [-0.05, 0) is 35.9 Å². The molecule has 0 saturated carbocycles. The second kappa shape index (κ2) is 8.83. The molecule has 0 atom stereocenters. The third kappa shape index (κ3) is 4.12. The molecule has 5 rings (SSSR count). The van der Waals surface area contributed by atoms with Gasteiger partial charge in [-0.1, -0.05) is 30.3 Å². The lowest BCUT2D eigenvalue weighted by Gasteiger charge is -2.10. The number of furan rings is 1. The molecule has 4 aromatic heterocycles. The van der Waals surface area contributed by atoms with E-state index >= 15 is 0 Å². The van der Waals surface area contributed by atoms with Crippen LogP contribution in [-0.4, -0.2) is 25.7 Å². The average molecular weight is 425 g/mol. The highest BCUT2D eigenvalue weighted by Gasteiger charge is 2.18. The normalized spacial score (nSPS) is 11.0. The molecular weight excluding hydrogens is 406 g/mol. The molecule has 32 heavy (non-hydrogen) atoms. The summed E-state index contributed by atoms with van der Waals surface area (Å²) in [7, 11) is 0. The van der Waals surface area contributed by atoms with E-state index in [-0.39, 0.29) is 12.5 Å². The van der Waals surface area contributed by atoms with Crippen LogP contribution >= 0.6 is 0 Å². The SMILES string of the molecule is O=C(NOCc1ccccc1)c1cc(-c2cccnc2)nc2c1cnn2Cc1ccco1. The van der Waals surface area contributed by atoms with E-state index in [0.29, 0.717) is 28.8 Å². The number of carbonyl (C=O) groups excluding carboxylic acids is 1. The first-order valence-electron chi connectivity index (χ1n) is 10.0. The van der Waals surface area contributed by atoms with Gasteiger partial charge in [0, 0.05) is 18.0 Å². The van der Waals surface area contributed by atoms with E-state index in [0.717, 1.165) is 16.9 Å². The molecule has 0 spiro atoms. The van der Waals surface area contributed by atoms with Gasteiger partial charge in [-0.3, -0.25) is 14.6 Å². The molecule has 4 heterocycles. The van der Waals surface area contributed by atoms with Crippen LogP contribution in [0.3, 0.4) is 0 Å². The van der Waals surface area contributed by atoms with Gasteiger partial charge in [-0.15, -0.1) is 0 Å². The van der Waals surface area contributed by atoms with Crippen molar-refractivity contribution in [1.29, 1.82) is 0 Å². The first kappa shape index (κ1) is 19.7. The fraction of sp³-hybridized carbons (Fsp3) is 0.0833. The number of nitrogens with zero attached hydrogens (tertiary/aromatic N) is 4. The molecule has 0 fully saturated rings. The van der Waals surface area contributed by atoms with Crippen LogP contribution in [0.1, 0.15) is 21.7 Å². The van der Waals surface area contributed by atoms with E-state index in [2.05, 4.69) is 15.6 Å². The number of aromatic nitrogens is 4. The van der Waals surface area contributed by atoms with Crippen molar-refractivity contribution in [1.82, 2.24) is 25.2 Å². The molecule has 0 radical (unpaired) electrons. The monoisotopic (exact) mass is 425 g/mol. The van der Waals surface area contributed by atoms with Crippen molar-refractivity contribution in [2.24, 2.45) is 0 Å². The largest absolute Gasteiger partial charge is 0.467 e. The quantitative estimate of drug-likeness (QED) is 0.396. The number of amides is 1. The maximum atomic E-state index is 13.0. The van der Waals surface area contributed by atoms with Crippen molar-refractivity contribution in [2.75, 3.05) is 0 Å². The predicted molar refractivity (Wildman–Crippen MR) is 117 cm³/mol. The Labute approximate surface area is 183 Å². The third-order valence-corrected chi connectivity index (χ3v) is 4.94. The summed E-state index contributed by atoms with van der Waals surface area (Å²) in [5, 5.41) is 5.05. The van der Waals surface area contributed by atoms with Crippen molar-refractivity contribution >= 4 is 16.9 Å². The number of hydrogen-bond donors (Lipinski definition) is 1. The Bertz CT molecular complexity index is 1330. The number of carbonyl (C=O) groups is 1. The molecule has 1 N–H and O–H groups in total. The fourth-order valence-corrected chi connectivity index (χ4v) is 3.38. The molecule has 1 amide bonds. The Morgan fingerprint density at radius 3 is 2.75 bits per heavy atom. The topological polar surface area (TPSA) is 95.1 Å². The molecule has 8 nitrogen and oxygen atoms in total. The van der Waals surface area contributed by atoms with Crippen LogP contribution in [0.4, 0.5) is 0 Å². The van der Waals surface area contributed by atoms with Gasteiger partial charge in [0.15, 0.2) is 5.65 Å². The van der Waals surface area contributed by atoms with Crippen LogP contribution in [-0.2, 0) is 18.0 Å². The molecule has 0 aliphatic heterocycles. The highest BCUT2D eigenvalue weighted by Crippen LogP contribution is 2.25. The Morgan fingerprint density at radius 2 is 1.97 bits per heavy atom. The first-order chi connectivity index (χ1) is 15.8. The van der Waals surface area contributed by atoms with E-state index in [1.165, 1.54) is 0 Å². The zero-order valence-electron chi connectivity index (χ0n) is 17.0. The van der Waals surface area contributed by atoms with Gasteiger partial charge in [0.2, 0.25) is 0 Å². The molecule has 158 valence electrons. The van der Waals surface area contributed by atoms with Crippen molar-refractivity contribution in [2.45, 2.75) is 13.2 Å². The number of hydroxylamine groups is 1. The van der Waals surface area contributed by atoms with Crippen molar-refractivity contribution < 1.29 is 14.0 Å². The first-order valence-corrected chi connectivity index (χ1v) is 10.0. The van der Waals surface area contributed by atoms with E-state index in [1.807, 2.05) is 54.6 Å². The lowest BCUT2D eigenvalue weighted by molar-refractivity contribution is 0.0235. The summed E-state index contributed by atoms with van der Waals surface area (Å²) >= 11 is 0. The number of fused-ring (bicyclic) bond motifs is 1. The molecule has 0 unspecified atom stereocenters. The highest BCUT2D eigenvalue weighted by molar-refractivity contribution is 6.06. The number of pyridine rings is 2. The van der Waals surface area contributed by atoms with Crippen molar-refractivity contribution in [3.05, 3.63) is 102 Å². The van der Waals surface area contributed by atoms with Gasteiger partial charge in [0.25, 0.3) is 5.91 Å². The summed E-state index contributed by atoms with van der Waals surface area (Å²) in [6.07, 6.45) is 6.63. The van der Waals surface area contributed by atoms with Gasteiger partial charge in [0.05, 0.1) is 35.7 Å². The minimum absolute atomic E-state index is 0.258. The molecule has 1 aromatic carbocycles. The summed E-state index contributed by atoms with van der Waals surface area (Å²) in [6.45, 7) is 0.652. The summed E-state index contributed by atoms with van der Waals surface area (Å²) in [4.78, 5) is 27.4. The maximum absolute atomic E-state index is 13.0. The Kier molecular flexibility index (Phi) is 5.42. The molecule has 0 aliphatic rings. The van der Waals surface area contributed by atoms with Gasteiger partial charge >= 0.3 is 0 Å². The number of benzene rings is 1. The average Bonchev–Trinajstić information content (AvgIpc) is 3.50. The van der Waals surface area contributed by atoms with Gasteiger partial charge in [0.1, 0.15) is 12.3 Å². The molecule has 5 aromatic rings. The van der Waals surface area contributed by atoms with Crippen LogP contribution in [0.2, 0.25) is 0 Å². The second-order valence-corrected chi connectivity index (χ2v) is 7.12. The molecule has 0 saturated heterocycles. The number of rotatable bonds is 7. The van der Waals surface area contributed by atoms with Gasteiger partial charge in [-0.25, -0.2) is 15.1 Å². The smallest absolute Gasteiger partial charge is 0.275 e. The second-order valence-electron chi connectivity index (χ2n) is 7.12. The fourth-order valence-electron chi connectivity index (χ4n) is 3.38. The van der Waals surface area contributed by atoms with Crippen molar-refractivity contribution in [3.8, 4) is 11.3 Å². The Hall–Kier alpha value is -4.30. The Morgan fingerprint density at radius 1 is 1.06 bits per heavy atom.